The summed E-state index contributed by atoms with van der Waals surface area (Å²) in [6.07, 6.45) is 0. The van der Waals surface area contributed by atoms with Gasteiger partial charge < -0.3 is 0 Å². The molecular weight excluding hydrogens is 1410 g/mol. The summed E-state index contributed by atoms with van der Waals surface area (Å²) in [5.74, 6) is 4.50. The molecule has 4 aromatic heterocycles. The van der Waals surface area contributed by atoms with Gasteiger partial charge in [-0.15, -0.1) is 0 Å². The maximum absolute atomic E-state index is 5.19. The molecule has 0 aliphatic carbocycles. The SMILES string of the molecule is c1ccc(-c2cc(-c3cccc(-c4ccc(-c5nc(-c6ccccc6)nc(-c6ccc7c8ccccc8c8ccccc8c7c6)n5)cc4)c3)cc(-c3ccccc3)n2)cc1.c1ccc(-c2cc(-c3cccc(-c4ccc(-c5nc(-c6ccccc6)nc(-c6ccccc6)n5)cc4)c3)nc(-c3ccc4c(ccc5ccccc54)c3)n2)cc1. The molecule has 0 unspecified atom stereocenters. The normalized spacial score (nSPS) is 11.3. The number of aromatic nitrogens is 9. The summed E-state index contributed by atoms with van der Waals surface area (Å²) in [5.41, 5.74) is 21.0. The monoisotopic (exact) mass is 1480 g/mol. The molecule has 9 heteroatoms. The topological polar surface area (TPSA) is 116 Å². The number of hydrogen-bond acceptors (Lipinski definition) is 9. The fourth-order valence-corrected chi connectivity index (χ4v) is 15.5. The van der Waals surface area contributed by atoms with E-state index >= 15 is 0 Å². The van der Waals surface area contributed by atoms with Gasteiger partial charge in [0.1, 0.15) is 0 Å². The van der Waals surface area contributed by atoms with Crippen LogP contribution in [-0.4, -0.2) is 44.9 Å². The smallest absolute Gasteiger partial charge is 0.164 e. The van der Waals surface area contributed by atoms with E-state index in [1.165, 1.54) is 48.5 Å². The first kappa shape index (κ1) is 69.5. The molecular formula is C107H69N9. The number of rotatable bonds is 14. The zero-order valence-corrected chi connectivity index (χ0v) is 62.9. The second-order valence-electron chi connectivity index (χ2n) is 28.8. The van der Waals surface area contributed by atoms with Crippen LogP contribution < -0.4 is 0 Å². The zero-order valence-electron chi connectivity index (χ0n) is 62.9. The molecule has 21 rings (SSSR count). The Hall–Kier alpha value is -15.7. The summed E-state index contributed by atoms with van der Waals surface area (Å²) >= 11 is 0. The fraction of sp³-hybridized carbons (Fsp3) is 0. The first-order valence-electron chi connectivity index (χ1n) is 38.9. The molecule has 9 nitrogen and oxygen atoms in total. The van der Waals surface area contributed by atoms with E-state index in [-0.39, 0.29) is 0 Å². The molecule has 0 N–H and O–H groups in total. The fourth-order valence-electron chi connectivity index (χ4n) is 15.5. The van der Waals surface area contributed by atoms with Crippen LogP contribution in [0.15, 0.2) is 419 Å². The number of fused-ring (bicyclic) bond motifs is 9. The summed E-state index contributed by atoms with van der Waals surface area (Å²) in [5, 5.41) is 12.2. The van der Waals surface area contributed by atoms with Crippen LogP contribution >= 0.6 is 0 Å². The summed E-state index contributed by atoms with van der Waals surface area (Å²) in [6.45, 7) is 0. The van der Waals surface area contributed by atoms with Crippen LogP contribution in [0.5, 0.6) is 0 Å². The van der Waals surface area contributed by atoms with Gasteiger partial charge in [0.15, 0.2) is 40.8 Å². The van der Waals surface area contributed by atoms with Crippen molar-refractivity contribution in [3.05, 3.63) is 419 Å². The lowest BCUT2D eigenvalue weighted by molar-refractivity contribution is 1.07. The lowest BCUT2D eigenvalue weighted by Gasteiger charge is -2.13. The molecule has 0 saturated carbocycles. The molecule has 116 heavy (non-hydrogen) atoms. The number of pyridine rings is 1. The van der Waals surface area contributed by atoms with E-state index in [1.807, 2.05) is 121 Å². The minimum atomic E-state index is 0.626. The van der Waals surface area contributed by atoms with E-state index in [4.69, 9.17) is 44.9 Å². The lowest BCUT2D eigenvalue weighted by Crippen LogP contribution is -2.00. The van der Waals surface area contributed by atoms with Crippen LogP contribution in [0, 0.1) is 0 Å². The molecule has 0 fully saturated rings. The Morgan fingerprint density at radius 1 is 0.103 bits per heavy atom. The van der Waals surface area contributed by atoms with Crippen molar-refractivity contribution in [3.8, 4) is 158 Å². The molecule has 0 spiro atoms. The third kappa shape index (κ3) is 14.2. The molecule has 0 aliphatic heterocycles. The van der Waals surface area contributed by atoms with Gasteiger partial charge in [0.25, 0.3) is 0 Å². The summed E-state index contributed by atoms with van der Waals surface area (Å²) < 4.78 is 0. The van der Waals surface area contributed by atoms with Crippen molar-refractivity contribution in [3.63, 3.8) is 0 Å². The van der Waals surface area contributed by atoms with Crippen molar-refractivity contribution in [1.82, 2.24) is 44.9 Å². The highest BCUT2D eigenvalue weighted by atomic mass is 15.0. The Balaban J connectivity index is 0.000000150. The molecule has 21 aromatic rings. The van der Waals surface area contributed by atoms with E-state index in [0.717, 1.165) is 123 Å². The Morgan fingerprint density at radius 3 is 0.819 bits per heavy atom. The predicted octanol–water partition coefficient (Wildman–Crippen LogP) is 27.0. The van der Waals surface area contributed by atoms with Gasteiger partial charge in [0.05, 0.1) is 22.8 Å². The molecule has 0 amide bonds. The quantitative estimate of drug-likeness (QED) is 0.0981. The van der Waals surface area contributed by atoms with Crippen LogP contribution in [0.4, 0.5) is 0 Å². The average molecular weight is 1480 g/mol. The van der Waals surface area contributed by atoms with Crippen LogP contribution in [0.2, 0.25) is 0 Å². The molecule has 0 atom stereocenters. The summed E-state index contributed by atoms with van der Waals surface area (Å²) in [6, 6.07) is 145. The second kappa shape index (κ2) is 30.9. The first-order chi connectivity index (χ1) is 57.4. The highest BCUT2D eigenvalue weighted by Gasteiger charge is 2.20. The maximum Gasteiger partial charge on any atom is 0.164 e. The van der Waals surface area contributed by atoms with Crippen molar-refractivity contribution in [2.45, 2.75) is 0 Å². The molecule has 0 bridgehead atoms. The molecule has 4 heterocycles. The van der Waals surface area contributed by atoms with Gasteiger partial charge in [-0.05, 0) is 130 Å². The molecule has 0 aliphatic rings. The summed E-state index contributed by atoms with van der Waals surface area (Å²) in [7, 11) is 0. The van der Waals surface area contributed by atoms with E-state index in [2.05, 4.69) is 297 Å². The van der Waals surface area contributed by atoms with Gasteiger partial charge in [0.2, 0.25) is 0 Å². The minimum absolute atomic E-state index is 0.626. The third-order valence-electron chi connectivity index (χ3n) is 21.4. The standard InChI is InChI=1S/C56H36N4.C51H33N5/c1-4-15-38(16-5-1)52-35-45(36-53(57-52)39-17-6-2-7-18-39)43-22-14-21-42(33-43)37-27-29-41(30-28-37)55-58-54(40-19-8-3-9-20-40)59-56(60-55)44-31-32-50-48-25-11-10-23-46(48)47-24-12-13-26-49(47)51(50)34-44;1-4-14-36(15-5-1)46-33-47(53-51(52-46)43-29-30-45-41(32-43)28-25-35-13-10-11-22-44(35)45)42-21-12-20-40(31-42)34-23-26-39(27-24-34)50-55-48(37-16-6-2-7-17-37)54-49(56-50)38-18-8-3-9-19-38/h1-36H;1-33H. The van der Waals surface area contributed by atoms with E-state index in [1.54, 1.807) is 0 Å². The van der Waals surface area contributed by atoms with Crippen molar-refractivity contribution >= 4 is 53.9 Å². The Bertz CT molecular complexity index is 7070. The van der Waals surface area contributed by atoms with Crippen molar-refractivity contribution in [1.29, 1.82) is 0 Å². The Morgan fingerprint density at radius 2 is 0.371 bits per heavy atom. The average Bonchev–Trinajstić information content (AvgIpc) is 0.742. The second-order valence-corrected chi connectivity index (χ2v) is 28.8. The van der Waals surface area contributed by atoms with Crippen LogP contribution in [0.3, 0.4) is 0 Å². The molecule has 0 radical (unpaired) electrons. The maximum atomic E-state index is 5.19. The Kier molecular flexibility index (Phi) is 18.5. The number of benzene rings is 17. The van der Waals surface area contributed by atoms with Gasteiger partial charge in [-0.1, -0.05) is 376 Å². The van der Waals surface area contributed by atoms with Gasteiger partial charge >= 0.3 is 0 Å². The van der Waals surface area contributed by atoms with Crippen molar-refractivity contribution in [2.75, 3.05) is 0 Å². The predicted molar refractivity (Wildman–Crippen MR) is 477 cm³/mol. The van der Waals surface area contributed by atoms with Gasteiger partial charge in [-0.2, -0.15) is 0 Å². The highest BCUT2D eigenvalue weighted by Crippen LogP contribution is 2.41. The number of hydrogen-bond donors (Lipinski definition) is 0. The number of nitrogens with zero attached hydrogens (tertiary/aromatic N) is 9. The lowest BCUT2D eigenvalue weighted by atomic mass is 9.93. The third-order valence-corrected chi connectivity index (χ3v) is 21.4. The van der Waals surface area contributed by atoms with E-state index < -0.39 is 0 Å². The summed E-state index contributed by atoms with van der Waals surface area (Å²) in [4.78, 5) is 45.3. The first-order valence-corrected chi connectivity index (χ1v) is 38.9. The van der Waals surface area contributed by atoms with E-state index in [9.17, 15) is 0 Å². The van der Waals surface area contributed by atoms with Crippen molar-refractivity contribution < 1.29 is 0 Å². The van der Waals surface area contributed by atoms with Crippen molar-refractivity contribution in [2.24, 2.45) is 0 Å². The van der Waals surface area contributed by atoms with E-state index in [0.29, 0.717) is 40.8 Å². The molecule has 542 valence electrons. The van der Waals surface area contributed by atoms with Gasteiger partial charge in [-0.3, -0.25) is 0 Å². The van der Waals surface area contributed by atoms with Crippen LogP contribution in [0.25, 0.3) is 212 Å². The molecule has 17 aromatic carbocycles. The largest absolute Gasteiger partial charge is 0.248 e. The zero-order chi connectivity index (χ0) is 77.1. The van der Waals surface area contributed by atoms with Gasteiger partial charge in [-0.25, -0.2) is 44.9 Å². The van der Waals surface area contributed by atoms with Gasteiger partial charge in [0, 0.05) is 61.2 Å². The van der Waals surface area contributed by atoms with Crippen LogP contribution in [0.1, 0.15) is 0 Å². The Labute approximate surface area is 671 Å². The molecule has 0 saturated heterocycles. The highest BCUT2D eigenvalue weighted by molar-refractivity contribution is 6.25. The van der Waals surface area contributed by atoms with Crippen LogP contribution in [-0.2, 0) is 0 Å². The minimum Gasteiger partial charge on any atom is -0.248 e.